The molecule has 1 aromatic heterocycles. The molecule has 0 radical (unpaired) electrons. The van der Waals surface area contributed by atoms with E-state index in [2.05, 4.69) is 25.6 Å². The average molecular weight is 395 g/mol. The van der Waals surface area contributed by atoms with Crippen molar-refractivity contribution in [3.05, 3.63) is 62.9 Å². The number of nitrogens with one attached hydrogen (secondary N) is 2. The van der Waals surface area contributed by atoms with E-state index in [1.54, 1.807) is 12.1 Å². The third kappa shape index (κ3) is 4.51. The van der Waals surface area contributed by atoms with Crippen molar-refractivity contribution in [1.82, 2.24) is 15.0 Å². The Morgan fingerprint density at radius 3 is 1.52 bits per heavy atom. The zero-order chi connectivity index (χ0) is 18.0. The van der Waals surface area contributed by atoms with Crippen LogP contribution < -0.4 is 10.6 Å². The van der Waals surface area contributed by atoms with E-state index in [-0.39, 0.29) is 5.28 Å². The number of benzene rings is 2. The molecule has 5 nitrogen and oxygen atoms in total. The number of aromatic nitrogens is 3. The van der Waals surface area contributed by atoms with Gasteiger partial charge in [-0.2, -0.15) is 15.0 Å². The summed E-state index contributed by atoms with van der Waals surface area (Å²) in [6, 6.07) is 11.2. The minimum Gasteiger partial charge on any atom is -0.324 e. The number of anilines is 4. The molecule has 0 bridgehead atoms. The standard InChI is InChI=1S/C17H14Cl3N5/c1-9-3-5-11(7-13(9)18)21-16-23-15(20)24-17(25-16)22-12-6-4-10(2)14(19)8-12/h3-8H,1-2H3,(H2,21,22,23,24,25). The smallest absolute Gasteiger partial charge is 0.233 e. The Labute approximate surface area is 160 Å². The molecule has 3 aromatic rings. The van der Waals surface area contributed by atoms with Gasteiger partial charge in [-0.3, -0.25) is 0 Å². The lowest BCUT2D eigenvalue weighted by atomic mass is 10.2. The number of nitrogens with zero attached hydrogens (tertiary/aromatic N) is 3. The van der Waals surface area contributed by atoms with Crippen LogP contribution in [-0.2, 0) is 0 Å². The van der Waals surface area contributed by atoms with Crippen LogP contribution >= 0.6 is 34.8 Å². The van der Waals surface area contributed by atoms with Gasteiger partial charge < -0.3 is 10.6 Å². The topological polar surface area (TPSA) is 62.7 Å². The first kappa shape index (κ1) is 17.7. The first-order valence-corrected chi connectivity index (χ1v) is 8.52. The summed E-state index contributed by atoms with van der Waals surface area (Å²) in [5, 5.41) is 7.49. The minimum atomic E-state index is 0.0661. The summed E-state index contributed by atoms with van der Waals surface area (Å²) in [6.45, 7) is 3.86. The van der Waals surface area contributed by atoms with Gasteiger partial charge in [-0.1, -0.05) is 35.3 Å². The fourth-order valence-electron chi connectivity index (χ4n) is 2.06. The minimum absolute atomic E-state index is 0.0661. The van der Waals surface area contributed by atoms with Crippen molar-refractivity contribution < 1.29 is 0 Å². The second-order valence-corrected chi connectivity index (χ2v) is 6.58. The van der Waals surface area contributed by atoms with Gasteiger partial charge in [-0.15, -0.1) is 0 Å². The molecule has 2 aromatic carbocycles. The molecule has 25 heavy (non-hydrogen) atoms. The van der Waals surface area contributed by atoms with Crippen molar-refractivity contribution in [3.63, 3.8) is 0 Å². The van der Waals surface area contributed by atoms with Crippen LogP contribution in [0.5, 0.6) is 0 Å². The highest BCUT2D eigenvalue weighted by Crippen LogP contribution is 2.25. The SMILES string of the molecule is Cc1ccc(Nc2nc(Cl)nc(Nc3ccc(C)c(Cl)c3)n2)cc1Cl. The molecule has 0 fully saturated rings. The molecule has 0 atom stereocenters. The number of aryl methyl sites for hydroxylation is 2. The number of hydrogen-bond donors (Lipinski definition) is 2. The second-order valence-electron chi connectivity index (χ2n) is 5.43. The predicted octanol–water partition coefficient (Wildman–Crippen LogP) is 5.94. The predicted molar refractivity (Wildman–Crippen MR) is 104 cm³/mol. The Morgan fingerprint density at radius 1 is 0.680 bits per heavy atom. The first-order chi connectivity index (χ1) is 11.9. The van der Waals surface area contributed by atoms with Gasteiger partial charge in [-0.05, 0) is 60.8 Å². The summed E-state index contributed by atoms with van der Waals surface area (Å²) >= 11 is 18.3. The monoisotopic (exact) mass is 393 g/mol. The van der Waals surface area contributed by atoms with Crippen molar-refractivity contribution in [3.8, 4) is 0 Å². The summed E-state index contributed by atoms with van der Waals surface area (Å²) in [7, 11) is 0. The van der Waals surface area contributed by atoms with E-state index in [9.17, 15) is 0 Å². The summed E-state index contributed by atoms with van der Waals surface area (Å²) in [4.78, 5) is 12.5. The molecule has 1 heterocycles. The fraction of sp³-hybridized carbons (Fsp3) is 0.118. The van der Waals surface area contributed by atoms with Crippen LogP contribution in [0.15, 0.2) is 36.4 Å². The van der Waals surface area contributed by atoms with Crippen LogP contribution in [0.2, 0.25) is 15.3 Å². The molecule has 2 N–H and O–H groups in total. The molecule has 0 spiro atoms. The molecule has 0 saturated carbocycles. The van der Waals surface area contributed by atoms with Gasteiger partial charge in [0.1, 0.15) is 0 Å². The highest BCUT2D eigenvalue weighted by Gasteiger charge is 2.08. The molecule has 0 amide bonds. The van der Waals surface area contributed by atoms with Crippen molar-refractivity contribution >= 4 is 58.1 Å². The molecular formula is C17H14Cl3N5. The third-order valence-electron chi connectivity index (χ3n) is 3.46. The molecular weight excluding hydrogens is 381 g/mol. The Balaban J connectivity index is 1.84. The van der Waals surface area contributed by atoms with Crippen LogP contribution in [0.3, 0.4) is 0 Å². The maximum absolute atomic E-state index is 6.13. The largest absolute Gasteiger partial charge is 0.324 e. The highest BCUT2D eigenvalue weighted by atomic mass is 35.5. The van der Waals surface area contributed by atoms with Crippen LogP contribution in [0, 0.1) is 13.8 Å². The van der Waals surface area contributed by atoms with Gasteiger partial charge in [0.15, 0.2) is 0 Å². The van der Waals surface area contributed by atoms with E-state index in [1.807, 2.05) is 38.1 Å². The van der Waals surface area contributed by atoms with E-state index in [0.29, 0.717) is 21.9 Å². The lowest BCUT2D eigenvalue weighted by molar-refractivity contribution is 1.06. The van der Waals surface area contributed by atoms with Crippen LogP contribution in [0.4, 0.5) is 23.3 Å². The summed E-state index contributed by atoms with van der Waals surface area (Å²) < 4.78 is 0. The van der Waals surface area contributed by atoms with Gasteiger partial charge in [0, 0.05) is 21.4 Å². The van der Waals surface area contributed by atoms with Gasteiger partial charge in [0.2, 0.25) is 17.2 Å². The molecule has 0 aliphatic rings. The molecule has 128 valence electrons. The van der Waals surface area contributed by atoms with Crippen LogP contribution in [0.1, 0.15) is 11.1 Å². The number of rotatable bonds is 4. The average Bonchev–Trinajstić information content (AvgIpc) is 2.54. The first-order valence-electron chi connectivity index (χ1n) is 7.38. The summed E-state index contributed by atoms with van der Waals surface area (Å²) in [6.07, 6.45) is 0. The lowest BCUT2D eigenvalue weighted by Gasteiger charge is -2.10. The Kier molecular flexibility index (Phi) is 5.27. The summed E-state index contributed by atoms with van der Waals surface area (Å²) in [5.74, 6) is 0.612. The normalized spacial score (nSPS) is 10.6. The van der Waals surface area contributed by atoms with Crippen LogP contribution in [0.25, 0.3) is 0 Å². The van der Waals surface area contributed by atoms with Crippen molar-refractivity contribution in [2.45, 2.75) is 13.8 Å². The fourth-order valence-corrected chi connectivity index (χ4v) is 2.58. The number of halogens is 3. The van der Waals surface area contributed by atoms with E-state index in [1.165, 1.54) is 0 Å². The molecule has 3 rings (SSSR count). The molecule has 0 aliphatic heterocycles. The van der Waals surface area contributed by atoms with Gasteiger partial charge in [0.05, 0.1) is 0 Å². The maximum Gasteiger partial charge on any atom is 0.233 e. The Morgan fingerprint density at radius 2 is 1.12 bits per heavy atom. The molecule has 0 aliphatic carbocycles. The molecule has 8 heteroatoms. The van der Waals surface area contributed by atoms with Crippen molar-refractivity contribution in [2.75, 3.05) is 10.6 Å². The maximum atomic E-state index is 6.13. The van der Waals surface area contributed by atoms with E-state index >= 15 is 0 Å². The molecule has 0 saturated heterocycles. The zero-order valence-corrected chi connectivity index (χ0v) is 15.7. The van der Waals surface area contributed by atoms with Crippen molar-refractivity contribution in [1.29, 1.82) is 0 Å². The second kappa shape index (κ2) is 7.44. The third-order valence-corrected chi connectivity index (χ3v) is 4.45. The quantitative estimate of drug-likeness (QED) is 0.573. The Hall–Kier alpha value is -2.08. The van der Waals surface area contributed by atoms with Gasteiger partial charge in [-0.25, -0.2) is 0 Å². The Bertz CT molecular complexity index is 858. The van der Waals surface area contributed by atoms with Crippen molar-refractivity contribution in [2.24, 2.45) is 0 Å². The summed E-state index contributed by atoms with van der Waals surface area (Å²) in [5.41, 5.74) is 3.48. The van der Waals surface area contributed by atoms with Gasteiger partial charge in [0.25, 0.3) is 0 Å². The number of hydrogen-bond acceptors (Lipinski definition) is 5. The van der Waals surface area contributed by atoms with E-state index < -0.39 is 0 Å². The lowest BCUT2D eigenvalue weighted by Crippen LogP contribution is -2.04. The van der Waals surface area contributed by atoms with E-state index in [4.69, 9.17) is 34.8 Å². The highest BCUT2D eigenvalue weighted by molar-refractivity contribution is 6.32. The van der Waals surface area contributed by atoms with Crippen LogP contribution in [-0.4, -0.2) is 15.0 Å². The van der Waals surface area contributed by atoms with E-state index in [0.717, 1.165) is 22.5 Å². The molecule has 0 unspecified atom stereocenters. The zero-order valence-electron chi connectivity index (χ0n) is 13.4. The van der Waals surface area contributed by atoms with Gasteiger partial charge >= 0.3 is 0 Å².